The monoisotopic (exact) mass is 877 g/mol. The first-order chi connectivity index (χ1) is 34.3. The Hall–Kier alpha value is -8.78. The molecule has 13 rings (SSSR count). The lowest BCUT2D eigenvalue weighted by molar-refractivity contribution is 0.768. The molecule has 324 valence electrons. The highest BCUT2D eigenvalue weighted by Crippen LogP contribution is 2.61. The quantitative estimate of drug-likeness (QED) is 0.140. The number of anilines is 3. The average molecular weight is 878 g/mol. The standard InChI is InChI=1S/C68H47N/c1-5-22-48(23-6-1)49-40-42-50(43-41-49)56-30-16-20-38-64(56)69(55-46-44-54(45-47-55)67(51-24-7-2-8-25-51)60-34-17-13-31-57(60)58-32-14-18-35-61(58)67)65-39-21-37-63-66(65)59-33-15-19-36-62(59)68(63,52-26-9-3-10-27-52)53-28-11-4-12-29-53/h1-47H. The second-order valence-corrected chi connectivity index (χ2v) is 18.3. The maximum atomic E-state index is 2.53. The van der Waals surface area contributed by atoms with Gasteiger partial charge >= 0.3 is 0 Å². The predicted octanol–water partition coefficient (Wildman–Crippen LogP) is 17.2. The summed E-state index contributed by atoms with van der Waals surface area (Å²) in [7, 11) is 0. The number of rotatable bonds is 9. The molecule has 0 N–H and O–H groups in total. The van der Waals surface area contributed by atoms with Gasteiger partial charge in [0.2, 0.25) is 0 Å². The minimum absolute atomic E-state index is 0.506. The number of hydrogen-bond donors (Lipinski definition) is 0. The van der Waals surface area contributed by atoms with E-state index < -0.39 is 10.8 Å². The maximum Gasteiger partial charge on any atom is 0.0714 e. The van der Waals surface area contributed by atoms with Crippen molar-refractivity contribution >= 4 is 17.1 Å². The Kier molecular flexibility index (Phi) is 9.70. The van der Waals surface area contributed by atoms with Gasteiger partial charge in [-0.15, -0.1) is 0 Å². The lowest BCUT2D eigenvalue weighted by atomic mass is 9.67. The molecule has 1 heteroatoms. The fraction of sp³-hybridized carbons (Fsp3) is 0.0294. The Morgan fingerprint density at radius 1 is 0.217 bits per heavy atom. The van der Waals surface area contributed by atoms with E-state index >= 15 is 0 Å². The van der Waals surface area contributed by atoms with Gasteiger partial charge in [-0.3, -0.25) is 0 Å². The van der Waals surface area contributed by atoms with Gasteiger partial charge in [0.05, 0.1) is 22.2 Å². The van der Waals surface area contributed by atoms with E-state index in [0.29, 0.717) is 0 Å². The van der Waals surface area contributed by atoms with Crippen molar-refractivity contribution in [2.24, 2.45) is 0 Å². The number of hydrogen-bond acceptors (Lipinski definition) is 1. The van der Waals surface area contributed by atoms with Crippen molar-refractivity contribution in [1.29, 1.82) is 0 Å². The lowest BCUT2D eigenvalue weighted by Gasteiger charge is -2.35. The van der Waals surface area contributed by atoms with Crippen LogP contribution in [0.25, 0.3) is 44.5 Å². The van der Waals surface area contributed by atoms with Crippen LogP contribution in [0.5, 0.6) is 0 Å². The molecule has 0 bridgehead atoms. The Bertz CT molecular complexity index is 3550. The van der Waals surface area contributed by atoms with E-state index in [4.69, 9.17) is 0 Å². The first-order valence-corrected chi connectivity index (χ1v) is 24.0. The number of fused-ring (bicyclic) bond motifs is 6. The SMILES string of the molecule is c1ccc(-c2ccc(-c3ccccc3N(c3ccc(C4(c5ccccc5)c5ccccc5-c5ccccc54)cc3)c3cccc4c3-c3ccccc3C4(c3ccccc3)c3ccccc3)cc2)cc1. The smallest absolute Gasteiger partial charge is 0.0714 e. The number of para-hydroxylation sites is 1. The van der Waals surface area contributed by atoms with E-state index in [2.05, 4.69) is 290 Å². The predicted molar refractivity (Wildman–Crippen MR) is 287 cm³/mol. The summed E-state index contributed by atoms with van der Waals surface area (Å²) >= 11 is 0. The van der Waals surface area contributed by atoms with Gasteiger partial charge in [-0.05, 0) is 102 Å². The van der Waals surface area contributed by atoms with Crippen molar-refractivity contribution in [2.75, 3.05) is 4.90 Å². The van der Waals surface area contributed by atoms with Crippen LogP contribution in [0.15, 0.2) is 285 Å². The molecule has 0 saturated heterocycles. The van der Waals surface area contributed by atoms with Crippen LogP contribution in [-0.4, -0.2) is 0 Å². The van der Waals surface area contributed by atoms with Gasteiger partial charge < -0.3 is 4.90 Å². The van der Waals surface area contributed by atoms with Crippen molar-refractivity contribution < 1.29 is 0 Å². The van der Waals surface area contributed by atoms with Gasteiger partial charge in [-0.2, -0.15) is 0 Å². The highest BCUT2D eigenvalue weighted by atomic mass is 15.1. The van der Waals surface area contributed by atoms with Crippen LogP contribution >= 0.6 is 0 Å². The average Bonchev–Trinajstić information content (AvgIpc) is 3.92. The zero-order chi connectivity index (χ0) is 45.8. The summed E-state index contributed by atoms with van der Waals surface area (Å²) < 4.78 is 0. The molecule has 2 aliphatic rings. The zero-order valence-corrected chi connectivity index (χ0v) is 38.1. The molecule has 11 aromatic carbocycles. The van der Waals surface area contributed by atoms with Gasteiger partial charge in [0.1, 0.15) is 0 Å². The van der Waals surface area contributed by atoms with Crippen LogP contribution in [0, 0.1) is 0 Å². The van der Waals surface area contributed by atoms with Gasteiger partial charge in [0.15, 0.2) is 0 Å². The second kappa shape index (κ2) is 16.5. The van der Waals surface area contributed by atoms with E-state index in [0.717, 1.165) is 28.2 Å². The van der Waals surface area contributed by atoms with Gasteiger partial charge in [0, 0.05) is 16.8 Å². The molecular formula is C68H47N. The maximum absolute atomic E-state index is 2.53. The van der Waals surface area contributed by atoms with Crippen LogP contribution in [0.3, 0.4) is 0 Å². The molecule has 1 nitrogen and oxygen atoms in total. The molecule has 0 spiro atoms. The van der Waals surface area contributed by atoms with Crippen molar-refractivity contribution in [1.82, 2.24) is 0 Å². The summed E-state index contributed by atoms with van der Waals surface area (Å²) in [6.07, 6.45) is 0. The van der Waals surface area contributed by atoms with Crippen molar-refractivity contribution in [3.05, 3.63) is 330 Å². The van der Waals surface area contributed by atoms with E-state index in [1.54, 1.807) is 0 Å². The van der Waals surface area contributed by atoms with Gasteiger partial charge in [-0.25, -0.2) is 0 Å². The van der Waals surface area contributed by atoms with Crippen LogP contribution in [-0.2, 0) is 10.8 Å². The van der Waals surface area contributed by atoms with E-state index in [1.807, 2.05) is 0 Å². The molecule has 2 aliphatic carbocycles. The minimum atomic E-state index is -0.544. The molecule has 0 unspecified atom stereocenters. The second-order valence-electron chi connectivity index (χ2n) is 18.3. The van der Waals surface area contributed by atoms with Crippen molar-refractivity contribution in [3.63, 3.8) is 0 Å². The third kappa shape index (κ3) is 6.17. The molecule has 0 fully saturated rings. The largest absolute Gasteiger partial charge is 0.309 e. The fourth-order valence-electron chi connectivity index (χ4n) is 12.0. The van der Waals surface area contributed by atoms with E-state index in [-0.39, 0.29) is 0 Å². The third-order valence-corrected chi connectivity index (χ3v) is 14.9. The Morgan fingerprint density at radius 2 is 0.580 bits per heavy atom. The highest BCUT2D eigenvalue weighted by molar-refractivity contribution is 6.00. The number of nitrogens with zero attached hydrogens (tertiary/aromatic N) is 1. The summed E-state index contributed by atoms with van der Waals surface area (Å²) in [5, 5.41) is 0. The molecule has 0 radical (unpaired) electrons. The first kappa shape index (κ1) is 40.5. The summed E-state index contributed by atoms with van der Waals surface area (Å²) in [6.45, 7) is 0. The molecule has 11 aromatic rings. The normalized spacial score (nSPS) is 13.4. The van der Waals surface area contributed by atoms with Crippen LogP contribution in [0.2, 0.25) is 0 Å². The lowest BCUT2D eigenvalue weighted by Crippen LogP contribution is -2.28. The van der Waals surface area contributed by atoms with Crippen LogP contribution in [0.4, 0.5) is 17.1 Å². The van der Waals surface area contributed by atoms with Crippen molar-refractivity contribution in [3.8, 4) is 44.5 Å². The van der Waals surface area contributed by atoms with Crippen LogP contribution in [0.1, 0.15) is 44.5 Å². The van der Waals surface area contributed by atoms with Crippen molar-refractivity contribution in [2.45, 2.75) is 10.8 Å². The van der Waals surface area contributed by atoms with Gasteiger partial charge in [-0.1, -0.05) is 261 Å². The minimum Gasteiger partial charge on any atom is -0.309 e. The Labute approximate surface area is 404 Å². The van der Waals surface area contributed by atoms with E-state index in [9.17, 15) is 0 Å². The molecule has 0 atom stereocenters. The molecular weight excluding hydrogens is 831 g/mol. The third-order valence-electron chi connectivity index (χ3n) is 14.9. The summed E-state index contributed by atoms with van der Waals surface area (Å²) in [5.41, 5.74) is 22.2. The topological polar surface area (TPSA) is 3.24 Å². The summed E-state index contributed by atoms with van der Waals surface area (Å²) in [4.78, 5) is 2.53. The fourth-order valence-corrected chi connectivity index (χ4v) is 12.0. The molecule has 0 heterocycles. The molecule has 69 heavy (non-hydrogen) atoms. The molecule has 0 amide bonds. The molecule has 0 aromatic heterocycles. The highest BCUT2D eigenvalue weighted by Gasteiger charge is 2.48. The molecule has 0 aliphatic heterocycles. The molecule has 0 saturated carbocycles. The van der Waals surface area contributed by atoms with Gasteiger partial charge in [0.25, 0.3) is 0 Å². The summed E-state index contributed by atoms with van der Waals surface area (Å²) in [6, 6.07) is 105. The van der Waals surface area contributed by atoms with Crippen LogP contribution < -0.4 is 4.90 Å². The summed E-state index contributed by atoms with van der Waals surface area (Å²) in [5.74, 6) is 0. The number of benzene rings is 11. The van der Waals surface area contributed by atoms with E-state index in [1.165, 1.54) is 77.9 Å². The Balaban J connectivity index is 1.06. The first-order valence-electron chi connectivity index (χ1n) is 24.0. The zero-order valence-electron chi connectivity index (χ0n) is 38.1. The Morgan fingerprint density at radius 3 is 1.13 bits per heavy atom.